The van der Waals surface area contributed by atoms with Crippen molar-refractivity contribution < 1.29 is 4.74 Å². The van der Waals surface area contributed by atoms with Crippen molar-refractivity contribution in [1.29, 1.82) is 0 Å². The van der Waals surface area contributed by atoms with Gasteiger partial charge in [0.05, 0.1) is 11.6 Å². The molecule has 1 unspecified atom stereocenters. The molecule has 16 heavy (non-hydrogen) atoms. The molecule has 1 atom stereocenters. The predicted molar refractivity (Wildman–Crippen MR) is 67.2 cm³/mol. The van der Waals surface area contributed by atoms with Crippen LogP contribution in [-0.2, 0) is 0 Å². The Labute approximate surface area is 102 Å². The molecule has 1 fully saturated rings. The second-order valence-electron chi connectivity index (χ2n) is 4.13. The molecule has 1 saturated heterocycles. The first-order chi connectivity index (χ1) is 7.81. The zero-order chi connectivity index (χ0) is 11.4. The molecule has 3 heteroatoms. The average molecular weight is 240 g/mol. The van der Waals surface area contributed by atoms with Gasteiger partial charge in [0, 0.05) is 6.04 Å². The Bertz CT molecular complexity index is 348. The molecule has 1 aliphatic rings. The first-order valence-electron chi connectivity index (χ1n) is 5.97. The highest BCUT2D eigenvalue weighted by Gasteiger charge is 2.15. The van der Waals surface area contributed by atoms with Crippen LogP contribution < -0.4 is 10.1 Å². The summed E-state index contributed by atoms with van der Waals surface area (Å²) in [5.74, 6) is 0.800. The highest BCUT2D eigenvalue weighted by molar-refractivity contribution is 6.32. The summed E-state index contributed by atoms with van der Waals surface area (Å²) in [6.45, 7) is 3.74. The summed E-state index contributed by atoms with van der Waals surface area (Å²) >= 11 is 6.07. The standard InChI is InChI=1S/C13H18ClNO/c1-2-16-13-9-10(6-7-11(13)14)12-5-3-4-8-15-12/h6-7,9,12,15H,2-5,8H2,1H3. The lowest BCUT2D eigenvalue weighted by Crippen LogP contribution is -2.26. The maximum Gasteiger partial charge on any atom is 0.138 e. The van der Waals surface area contributed by atoms with E-state index in [-0.39, 0.29) is 0 Å². The zero-order valence-corrected chi connectivity index (χ0v) is 10.4. The Balaban J connectivity index is 2.17. The van der Waals surface area contributed by atoms with Crippen LogP contribution in [0.3, 0.4) is 0 Å². The molecule has 0 amide bonds. The molecule has 0 saturated carbocycles. The van der Waals surface area contributed by atoms with Gasteiger partial charge in [-0.3, -0.25) is 0 Å². The van der Waals surface area contributed by atoms with Gasteiger partial charge in [-0.05, 0) is 44.0 Å². The normalized spacial score (nSPS) is 20.8. The van der Waals surface area contributed by atoms with Gasteiger partial charge < -0.3 is 10.1 Å². The summed E-state index contributed by atoms with van der Waals surface area (Å²) in [5, 5.41) is 4.22. The molecular weight excluding hydrogens is 222 g/mol. The van der Waals surface area contributed by atoms with Crippen molar-refractivity contribution in [2.24, 2.45) is 0 Å². The largest absolute Gasteiger partial charge is 0.492 e. The molecule has 1 heterocycles. The molecule has 88 valence electrons. The van der Waals surface area contributed by atoms with E-state index in [2.05, 4.69) is 17.4 Å². The fourth-order valence-corrected chi connectivity index (χ4v) is 2.31. The molecule has 2 rings (SSSR count). The van der Waals surface area contributed by atoms with Crippen LogP contribution in [0.25, 0.3) is 0 Å². The lowest BCUT2D eigenvalue weighted by Gasteiger charge is -2.24. The Hall–Kier alpha value is -0.730. The summed E-state index contributed by atoms with van der Waals surface area (Å²) in [6.07, 6.45) is 3.78. The third kappa shape index (κ3) is 2.69. The first-order valence-corrected chi connectivity index (χ1v) is 6.34. The van der Waals surface area contributed by atoms with E-state index in [1.165, 1.54) is 24.8 Å². The Morgan fingerprint density at radius 1 is 1.44 bits per heavy atom. The molecule has 0 spiro atoms. The van der Waals surface area contributed by atoms with Gasteiger partial charge in [0.1, 0.15) is 5.75 Å². The van der Waals surface area contributed by atoms with E-state index >= 15 is 0 Å². The van der Waals surface area contributed by atoms with Crippen molar-refractivity contribution in [2.45, 2.75) is 32.2 Å². The summed E-state index contributed by atoms with van der Waals surface area (Å²) in [7, 11) is 0. The number of rotatable bonds is 3. The van der Waals surface area contributed by atoms with Gasteiger partial charge in [-0.1, -0.05) is 24.1 Å². The van der Waals surface area contributed by atoms with Gasteiger partial charge in [-0.15, -0.1) is 0 Å². The molecule has 1 N–H and O–H groups in total. The Kier molecular flexibility index (Phi) is 4.08. The highest BCUT2D eigenvalue weighted by atomic mass is 35.5. The number of halogens is 1. The highest BCUT2D eigenvalue weighted by Crippen LogP contribution is 2.30. The summed E-state index contributed by atoms with van der Waals surface area (Å²) in [6, 6.07) is 6.55. The van der Waals surface area contributed by atoms with E-state index < -0.39 is 0 Å². The number of hydrogen-bond acceptors (Lipinski definition) is 2. The lowest BCUT2D eigenvalue weighted by molar-refractivity contribution is 0.338. The van der Waals surface area contributed by atoms with Crippen molar-refractivity contribution in [3.05, 3.63) is 28.8 Å². The number of hydrogen-bond donors (Lipinski definition) is 1. The van der Waals surface area contributed by atoms with Crippen LogP contribution in [0.1, 0.15) is 37.8 Å². The third-order valence-corrected chi connectivity index (χ3v) is 3.28. The van der Waals surface area contributed by atoms with E-state index in [0.717, 1.165) is 12.3 Å². The number of piperidine rings is 1. The quantitative estimate of drug-likeness (QED) is 0.871. The topological polar surface area (TPSA) is 21.3 Å². The van der Waals surface area contributed by atoms with Gasteiger partial charge in [0.2, 0.25) is 0 Å². The third-order valence-electron chi connectivity index (χ3n) is 2.97. The fourth-order valence-electron chi connectivity index (χ4n) is 2.14. The van der Waals surface area contributed by atoms with E-state index in [1.807, 2.05) is 13.0 Å². The first kappa shape index (κ1) is 11.7. The van der Waals surface area contributed by atoms with Gasteiger partial charge in [-0.25, -0.2) is 0 Å². The van der Waals surface area contributed by atoms with Gasteiger partial charge >= 0.3 is 0 Å². The minimum atomic E-state index is 0.463. The second kappa shape index (κ2) is 5.55. The smallest absolute Gasteiger partial charge is 0.138 e. The van der Waals surface area contributed by atoms with E-state index in [4.69, 9.17) is 16.3 Å². The maximum atomic E-state index is 6.07. The van der Waals surface area contributed by atoms with Crippen LogP contribution in [0.2, 0.25) is 5.02 Å². The van der Waals surface area contributed by atoms with Crippen LogP contribution in [0, 0.1) is 0 Å². The summed E-state index contributed by atoms with van der Waals surface area (Å²) in [5.41, 5.74) is 1.28. The minimum absolute atomic E-state index is 0.463. The number of benzene rings is 1. The number of nitrogens with one attached hydrogen (secondary N) is 1. The van der Waals surface area contributed by atoms with Crippen LogP contribution >= 0.6 is 11.6 Å². The molecule has 0 aliphatic carbocycles. The summed E-state index contributed by atoms with van der Waals surface area (Å²) < 4.78 is 5.51. The van der Waals surface area contributed by atoms with Crippen molar-refractivity contribution in [3.8, 4) is 5.75 Å². The SMILES string of the molecule is CCOc1cc(C2CCCCN2)ccc1Cl. The molecule has 0 aromatic heterocycles. The lowest BCUT2D eigenvalue weighted by atomic mass is 9.97. The van der Waals surface area contributed by atoms with Gasteiger partial charge in [0.25, 0.3) is 0 Å². The monoisotopic (exact) mass is 239 g/mol. The number of ether oxygens (including phenoxy) is 1. The fraction of sp³-hybridized carbons (Fsp3) is 0.538. The Morgan fingerprint density at radius 2 is 2.31 bits per heavy atom. The van der Waals surface area contributed by atoms with Gasteiger partial charge in [-0.2, -0.15) is 0 Å². The van der Waals surface area contributed by atoms with Gasteiger partial charge in [0.15, 0.2) is 0 Å². The van der Waals surface area contributed by atoms with Crippen LogP contribution in [0.4, 0.5) is 0 Å². The van der Waals surface area contributed by atoms with Crippen LogP contribution in [-0.4, -0.2) is 13.2 Å². The van der Waals surface area contributed by atoms with Crippen LogP contribution in [0.5, 0.6) is 5.75 Å². The molecule has 2 nitrogen and oxygen atoms in total. The molecular formula is C13H18ClNO. The van der Waals surface area contributed by atoms with E-state index in [1.54, 1.807) is 0 Å². The average Bonchev–Trinajstić information content (AvgIpc) is 2.33. The second-order valence-corrected chi connectivity index (χ2v) is 4.53. The van der Waals surface area contributed by atoms with Crippen molar-refractivity contribution in [1.82, 2.24) is 5.32 Å². The molecule has 1 aromatic carbocycles. The molecule has 1 aromatic rings. The molecule has 0 bridgehead atoms. The van der Waals surface area contributed by atoms with E-state index in [0.29, 0.717) is 17.7 Å². The predicted octanol–water partition coefficient (Wildman–Crippen LogP) is 3.55. The van der Waals surface area contributed by atoms with E-state index in [9.17, 15) is 0 Å². The summed E-state index contributed by atoms with van der Waals surface area (Å²) in [4.78, 5) is 0. The van der Waals surface area contributed by atoms with Crippen molar-refractivity contribution in [3.63, 3.8) is 0 Å². The zero-order valence-electron chi connectivity index (χ0n) is 9.63. The van der Waals surface area contributed by atoms with Crippen molar-refractivity contribution in [2.75, 3.05) is 13.2 Å². The van der Waals surface area contributed by atoms with Crippen LogP contribution in [0.15, 0.2) is 18.2 Å². The molecule has 1 aliphatic heterocycles. The molecule has 0 radical (unpaired) electrons. The van der Waals surface area contributed by atoms with Crippen molar-refractivity contribution >= 4 is 11.6 Å². The maximum absolute atomic E-state index is 6.07. The minimum Gasteiger partial charge on any atom is -0.492 e. The Morgan fingerprint density at radius 3 is 3.00 bits per heavy atom.